The molecule has 90 valence electrons. The van der Waals surface area contributed by atoms with Gasteiger partial charge in [-0.3, -0.25) is 0 Å². The summed E-state index contributed by atoms with van der Waals surface area (Å²) in [4.78, 5) is 11.4. The molecule has 1 aromatic heterocycles. The number of phenols is 1. The van der Waals surface area contributed by atoms with Crippen molar-refractivity contribution in [2.75, 3.05) is 0 Å². The minimum Gasteiger partial charge on any atom is -0.508 e. The normalized spacial score (nSPS) is 11.0. The highest BCUT2D eigenvalue weighted by molar-refractivity contribution is 5.86. The zero-order valence-corrected chi connectivity index (χ0v) is 9.43. The van der Waals surface area contributed by atoms with E-state index in [-0.39, 0.29) is 23.2 Å². The number of hydrogen-bond acceptors (Lipinski definition) is 5. The topological polar surface area (TPSA) is 79.9 Å². The van der Waals surface area contributed by atoms with Gasteiger partial charge in [-0.25, -0.2) is 4.79 Å². The minimum atomic E-state index is -0.890. The summed E-state index contributed by atoms with van der Waals surface area (Å²) in [6, 6.07) is 4.24. The van der Waals surface area contributed by atoms with Crippen LogP contribution < -0.4 is 10.4 Å². The number of ether oxygens (including phenoxy) is 1. The predicted octanol–water partition coefficient (Wildman–Crippen LogP) is 1.99. The number of rotatable bonds is 2. The number of hydrogen-bond donors (Lipinski definition) is 2. The summed E-state index contributed by atoms with van der Waals surface area (Å²) in [5, 5.41) is 19.4. The molecule has 0 fully saturated rings. The molecule has 5 nitrogen and oxygen atoms in total. The first-order valence-electron chi connectivity index (χ1n) is 5.14. The van der Waals surface area contributed by atoms with E-state index in [2.05, 4.69) is 0 Å². The Balaban J connectivity index is 2.78. The first kappa shape index (κ1) is 11.3. The summed E-state index contributed by atoms with van der Waals surface area (Å²) in [6.07, 6.45) is -0.195. The van der Waals surface area contributed by atoms with Crippen molar-refractivity contribution in [2.45, 2.75) is 20.0 Å². The van der Waals surface area contributed by atoms with E-state index in [9.17, 15) is 15.0 Å². The van der Waals surface area contributed by atoms with Crippen LogP contribution in [0.4, 0.5) is 0 Å². The fourth-order valence-corrected chi connectivity index (χ4v) is 1.51. The maximum atomic E-state index is 11.4. The number of aromatic hydroxyl groups is 2. The monoisotopic (exact) mass is 236 g/mol. The Kier molecular flexibility index (Phi) is 2.67. The lowest BCUT2D eigenvalue weighted by atomic mass is 10.2. The Labute approximate surface area is 96.9 Å². The summed E-state index contributed by atoms with van der Waals surface area (Å²) < 4.78 is 10.2. The third kappa shape index (κ3) is 2.04. The van der Waals surface area contributed by atoms with Crippen LogP contribution in [0.3, 0.4) is 0 Å². The van der Waals surface area contributed by atoms with Crippen LogP contribution in [0.25, 0.3) is 11.0 Å². The molecule has 0 radical (unpaired) electrons. The van der Waals surface area contributed by atoms with Crippen molar-refractivity contribution in [1.29, 1.82) is 0 Å². The summed E-state index contributed by atoms with van der Waals surface area (Å²) >= 11 is 0. The molecule has 0 unspecified atom stereocenters. The molecule has 2 aromatic rings. The zero-order chi connectivity index (χ0) is 12.6. The average molecular weight is 236 g/mol. The molecular weight excluding hydrogens is 224 g/mol. The van der Waals surface area contributed by atoms with Crippen LogP contribution in [0, 0.1) is 0 Å². The molecule has 0 saturated heterocycles. The molecule has 0 aliphatic rings. The lowest BCUT2D eigenvalue weighted by molar-refractivity contribution is 0.231. The van der Waals surface area contributed by atoms with Gasteiger partial charge in [-0.2, -0.15) is 0 Å². The SMILES string of the molecule is CC(C)Oc1c(O)c(=O)oc2cc(O)ccc12. The van der Waals surface area contributed by atoms with Gasteiger partial charge in [-0.15, -0.1) is 0 Å². The van der Waals surface area contributed by atoms with Crippen LogP contribution in [-0.4, -0.2) is 16.3 Å². The molecule has 0 amide bonds. The predicted molar refractivity (Wildman–Crippen MR) is 61.6 cm³/mol. The third-order valence-corrected chi connectivity index (χ3v) is 2.17. The Hall–Kier alpha value is -2.17. The molecular formula is C12H12O5. The Morgan fingerprint density at radius 3 is 2.65 bits per heavy atom. The quantitative estimate of drug-likeness (QED) is 0.779. The van der Waals surface area contributed by atoms with Crippen molar-refractivity contribution in [3.05, 3.63) is 28.6 Å². The lowest BCUT2D eigenvalue weighted by Gasteiger charge is -2.12. The van der Waals surface area contributed by atoms with E-state index in [1.165, 1.54) is 18.2 Å². The lowest BCUT2D eigenvalue weighted by Crippen LogP contribution is -2.09. The van der Waals surface area contributed by atoms with Crippen molar-refractivity contribution in [2.24, 2.45) is 0 Å². The van der Waals surface area contributed by atoms with Gasteiger partial charge in [0, 0.05) is 6.07 Å². The standard InChI is InChI=1S/C12H12O5/c1-6(2)16-11-8-4-3-7(13)5-9(8)17-12(15)10(11)14/h3-6,13-14H,1-2H3. The van der Waals surface area contributed by atoms with Crippen molar-refractivity contribution >= 4 is 11.0 Å². The van der Waals surface area contributed by atoms with E-state index in [4.69, 9.17) is 9.15 Å². The van der Waals surface area contributed by atoms with Gasteiger partial charge in [-0.05, 0) is 26.0 Å². The smallest absolute Gasteiger partial charge is 0.382 e. The van der Waals surface area contributed by atoms with Gasteiger partial charge in [0.05, 0.1) is 11.5 Å². The summed E-state index contributed by atoms with van der Waals surface area (Å²) in [7, 11) is 0. The van der Waals surface area contributed by atoms with E-state index in [1.807, 2.05) is 0 Å². The van der Waals surface area contributed by atoms with Gasteiger partial charge in [0.25, 0.3) is 0 Å². The van der Waals surface area contributed by atoms with Gasteiger partial charge >= 0.3 is 5.63 Å². The highest BCUT2D eigenvalue weighted by atomic mass is 16.5. The van der Waals surface area contributed by atoms with E-state index >= 15 is 0 Å². The molecule has 0 aliphatic heterocycles. The Morgan fingerprint density at radius 2 is 2.00 bits per heavy atom. The highest BCUT2D eigenvalue weighted by Gasteiger charge is 2.16. The van der Waals surface area contributed by atoms with Gasteiger partial charge in [-0.1, -0.05) is 0 Å². The van der Waals surface area contributed by atoms with Crippen LogP contribution in [0.5, 0.6) is 17.2 Å². The van der Waals surface area contributed by atoms with E-state index < -0.39 is 11.4 Å². The third-order valence-electron chi connectivity index (χ3n) is 2.17. The van der Waals surface area contributed by atoms with Crippen molar-refractivity contribution in [1.82, 2.24) is 0 Å². The van der Waals surface area contributed by atoms with Gasteiger partial charge in [0.1, 0.15) is 11.3 Å². The maximum absolute atomic E-state index is 11.4. The van der Waals surface area contributed by atoms with Crippen LogP contribution in [0.1, 0.15) is 13.8 Å². The van der Waals surface area contributed by atoms with Crippen LogP contribution in [-0.2, 0) is 0 Å². The molecule has 2 rings (SSSR count). The summed E-state index contributed by atoms with van der Waals surface area (Å²) in [5.74, 6) is -0.509. The first-order chi connectivity index (χ1) is 7.99. The van der Waals surface area contributed by atoms with Gasteiger partial charge in [0.15, 0.2) is 5.75 Å². The fraction of sp³-hybridized carbons (Fsp3) is 0.250. The van der Waals surface area contributed by atoms with Gasteiger partial charge in [0.2, 0.25) is 5.75 Å². The second-order valence-electron chi connectivity index (χ2n) is 3.91. The minimum absolute atomic E-state index is 0.0261. The van der Waals surface area contributed by atoms with E-state index in [1.54, 1.807) is 13.8 Å². The molecule has 0 atom stereocenters. The molecule has 0 spiro atoms. The van der Waals surface area contributed by atoms with Crippen LogP contribution >= 0.6 is 0 Å². The van der Waals surface area contributed by atoms with Crippen LogP contribution in [0.2, 0.25) is 0 Å². The molecule has 2 N–H and O–H groups in total. The second-order valence-corrected chi connectivity index (χ2v) is 3.91. The van der Waals surface area contributed by atoms with Crippen molar-refractivity contribution in [3.63, 3.8) is 0 Å². The Morgan fingerprint density at radius 1 is 1.29 bits per heavy atom. The summed E-state index contributed by atoms with van der Waals surface area (Å²) in [5.41, 5.74) is -0.720. The van der Waals surface area contributed by atoms with Gasteiger partial charge < -0.3 is 19.4 Å². The zero-order valence-electron chi connectivity index (χ0n) is 9.43. The molecule has 1 heterocycles. The Bertz CT molecular complexity index is 612. The number of phenolic OH excluding ortho intramolecular Hbond substituents is 1. The fourth-order valence-electron chi connectivity index (χ4n) is 1.51. The number of benzene rings is 1. The average Bonchev–Trinajstić information content (AvgIpc) is 2.24. The summed E-state index contributed by atoms with van der Waals surface area (Å²) in [6.45, 7) is 3.56. The second kappa shape index (κ2) is 4.01. The molecule has 0 aliphatic carbocycles. The molecule has 17 heavy (non-hydrogen) atoms. The first-order valence-corrected chi connectivity index (χ1v) is 5.14. The molecule has 5 heteroatoms. The molecule has 0 bridgehead atoms. The molecule has 0 saturated carbocycles. The van der Waals surface area contributed by atoms with E-state index in [0.717, 1.165) is 0 Å². The largest absolute Gasteiger partial charge is 0.508 e. The molecule has 1 aromatic carbocycles. The van der Waals surface area contributed by atoms with E-state index in [0.29, 0.717) is 5.39 Å². The number of fused-ring (bicyclic) bond motifs is 1. The van der Waals surface area contributed by atoms with Crippen molar-refractivity contribution < 1.29 is 19.4 Å². The highest BCUT2D eigenvalue weighted by Crippen LogP contribution is 2.33. The maximum Gasteiger partial charge on any atom is 0.382 e. The van der Waals surface area contributed by atoms with Crippen LogP contribution in [0.15, 0.2) is 27.4 Å². The van der Waals surface area contributed by atoms with Crippen molar-refractivity contribution in [3.8, 4) is 17.2 Å².